The van der Waals surface area contributed by atoms with E-state index < -0.39 is 6.10 Å². The van der Waals surface area contributed by atoms with Gasteiger partial charge >= 0.3 is 0 Å². The Bertz CT molecular complexity index is 576. The van der Waals surface area contributed by atoms with Crippen molar-refractivity contribution in [1.82, 2.24) is 5.32 Å². The monoisotopic (exact) mass is 318 g/mol. The zero-order valence-corrected chi connectivity index (χ0v) is 13.8. The third kappa shape index (κ3) is 4.23. The number of benzene rings is 2. The van der Waals surface area contributed by atoms with Gasteiger partial charge in [-0.25, -0.2) is 0 Å². The van der Waals surface area contributed by atoms with Crippen LogP contribution >= 0.6 is 11.6 Å². The number of aliphatic hydroxyl groups is 1. The minimum absolute atomic E-state index is 0.167. The lowest BCUT2D eigenvalue weighted by Crippen LogP contribution is -2.40. The lowest BCUT2D eigenvalue weighted by atomic mass is 9.99. The van der Waals surface area contributed by atoms with Gasteiger partial charge in [-0.15, -0.1) is 0 Å². The summed E-state index contributed by atoms with van der Waals surface area (Å²) in [7, 11) is 2.00. The van der Waals surface area contributed by atoms with Crippen molar-refractivity contribution in [3.63, 3.8) is 0 Å². The lowest BCUT2D eigenvalue weighted by Gasteiger charge is -2.34. The van der Waals surface area contributed by atoms with Gasteiger partial charge in [-0.3, -0.25) is 0 Å². The first-order valence-electron chi connectivity index (χ1n) is 7.55. The molecule has 0 amide bonds. The summed E-state index contributed by atoms with van der Waals surface area (Å²) in [5.41, 5.74) is 2.06. The molecular weight excluding hydrogens is 296 g/mol. The average molecular weight is 319 g/mol. The maximum atomic E-state index is 10.7. The number of hydrogen-bond donors (Lipinski definition) is 2. The quantitative estimate of drug-likeness (QED) is 0.820. The Labute approximate surface area is 137 Å². The Morgan fingerprint density at radius 2 is 1.86 bits per heavy atom. The summed E-state index contributed by atoms with van der Waals surface area (Å²) >= 11 is 6.13. The number of para-hydroxylation sites is 1. The number of likely N-dealkylation sites (N-methyl/N-ethyl adjacent to an activating group) is 2. The summed E-state index contributed by atoms with van der Waals surface area (Å²) in [6, 6.07) is 17.6. The van der Waals surface area contributed by atoms with E-state index in [9.17, 15) is 5.11 Å². The fourth-order valence-corrected chi connectivity index (χ4v) is 2.82. The first-order valence-corrected chi connectivity index (χ1v) is 7.93. The van der Waals surface area contributed by atoms with Crippen LogP contribution in [0.2, 0.25) is 5.02 Å². The molecule has 2 rings (SSSR count). The van der Waals surface area contributed by atoms with E-state index >= 15 is 0 Å². The van der Waals surface area contributed by atoms with E-state index in [0.717, 1.165) is 17.8 Å². The zero-order valence-electron chi connectivity index (χ0n) is 13.0. The van der Waals surface area contributed by atoms with Crippen LogP contribution in [-0.2, 0) is 0 Å². The Hall–Kier alpha value is -1.55. The SMILES string of the molecule is CCNCC(O)C(c1cccc(Cl)c1)N(C)c1ccccc1. The third-order valence-electron chi connectivity index (χ3n) is 3.74. The number of hydrogen-bond acceptors (Lipinski definition) is 3. The molecule has 0 aromatic heterocycles. The number of rotatable bonds is 7. The maximum absolute atomic E-state index is 10.7. The van der Waals surface area contributed by atoms with E-state index in [2.05, 4.69) is 10.2 Å². The molecule has 22 heavy (non-hydrogen) atoms. The molecule has 0 saturated heterocycles. The Morgan fingerprint density at radius 3 is 2.50 bits per heavy atom. The molecule has 0 radical (unpaired) electrons. The van der Waals surface area contributed by atoms with Crippen molar-refractivity contribution in [2.75, 3.05) is 25.0 Å². The third-order valence-corrected chi connectivity index (χ3v) is 3.97. The molecule has 2 aromatic rings. The van der Waals surface area contributed by atoms with Crippen LogP contribution < -0.4 is 10.2 Å². The predicted molar refractivity (Wildman–Crippen MR) is 93.6 cm³/mol. The molecule has 3 nitrogen and oxygen atoms in total. The molecule has 2 unspecified atom stereocenters. The average Bonchev–Trinajstić information content (AvgIpc) is 2.54. The summed E-state index contributed by atoms with van der Waals surface area (Å²) in [4.78, 5) is 2.09. The van der Waals surface area contributed by atoms with Crippen LogP contribution in [0.4, 0.5) is 5.69 Å². The van der Waals surface area contributed by atoms with E-state index in [-0.39, 0.29) is 6.04 Å². The number of halogens is 1. The van der Waals surface area contributed by atoms with Crippen molar-refractivity contribution in [3.05, 3.63) is 65.2 Å². The molecule has 2 N–H and O–H groups in total. The van der Waals surface area contributed by atoms with Crippen LogP contribution in [0.1, 0.15) is 18.5 Å². The van der Waals surface area contributed by atoms with Crippen molar-refractivity contribution < 1.29 is 5.11 Å². The molecule has 118 valence electrons. The molecule has 4 heteroatoms. The molecular formula is C18H23ClN2O. The highest BCUT2D eigenvalue weighted by Crippen LogP contribution is 2.29. The topological polar surface area (TPSA) is 35.5 Å². The summed E-state index contributed by atoms with van der Waals surface area (Å²) in [6.07, 6.45) is -0.538. The van der Waals surface area contributed by atoms with Gasteiger partial charge in [0.05, 0.1) is 12.1 Å². The first kappa shape index (κ1) is 16.8. The van der Waals surface area contributed by atoms with Crippen molar-refractivity contribution >= 4 is 17.3 Å². The van der Waals surface area contributed by atoms with Gasteiger partial charge in [0.1, 0.15) is 0 Å². The van der Waals surface area contributed by atoms with E-state index in [0.29, 0.717) is 11.6 Å². The van der Waals surface area contributed by atoms with Crippen LogP contribution in [-0.4, -0.2) is 31.3 Å². The molecule has 0 spiro atoms. The van der Waals surface area contributed by atoms with E-state index in [1.54, 1.807) is 0 Å². The maximum Gasteiger partial charge on any atom is 0.0909 e. The number of nitrogens with one attached hydrogen (secondary N) is 1. The van der Waals surface area contributed by atoms with Gasteiger partial charge in [-0.05, 0) is 36.4 Å². The van der Waals surface area contributed by atoms with E-state index in [1.807, 2.05) is 68.6 Å². The molecule has 0 aliphatic carbocycles. The summed E-state index contributed by atoms with van der Waals surface area (Å²) in [5.74, 6) is 0. The second kappa shape index (κ2) is 8.18. The molecule has 0 saturated carbocycles. The molecule has 0 aliphatic rings. The summed E-state index contributed by atoms with van der Waals surface area (Å²) < 4.78 is 0. The molecule has 2 atom stereocenters. The standard InChI is InChI=1S/C18H23ClN2O/c1-3-20-13-17(22)18(14-8-7-9-15(19)12-14)21(2)16-10-5-4-6-11-16/h4-12,17-18,20,22H,3,13H2,1-2H3. The minimum Gasteiger partial charge on any atom is -0.389 e. The second-order valence-corrected chi connectivity index (χ2v) is 5.76. The second-order valence-electron chi connectivity index (χ2n) is 5.32. The molecule has 0 heterocycles. The molecule has 0 fully saturated rings. The van der Waals surface area contributed by atoms with Crippen molar-refractivity contribution in [3.8, 4) is 0 Å². The van der Waals surface area contributed by atoms with E-state index in [1.165, 1.54) is 0 Å². The highest BCUT2D eigenvalue weighted by Gasteiger charge is 2.25. The number of aliphatic hydroxyl groups excluding tert-OH is 1. The van der Waals surface area contributed by atoms with Gasteiger partial charge in [0.15, 0.2) is 0 Å². The Kier molecular flexibility index (Phi) is 6.25. The van der Waals surface area contributed by atoms with Crippen LogP contribution in [0, 0.1) is 0 Å². The van der Waals surface area contributed by atoms with Crippen LogP contribution in [0.5, 0.6) is 0 Å². The van der Waals surface area contributed by atoms with Gasteiger partial charge in [0, 0.05) is 24.3 Å². The fourth-order valence-electron chi connectivity index (χ4n) is 2.62. The van der Waals surface area contributed by atoms with Gasteiger partial charge in [0.25, 0.3) is 0 Å². The predicted octanol–water partition coefficient (Wildman–Crippen LogP) is 3.49. The van der Waals surface area contributed by atoms with Gasteiger partial charge in [-0.2, -0.15) is 0 Å². The van der Waals surface area contributed by atoms with Gasteiger partial charge in [-0.1, -0.05) is 48.9 Å². The highest BCUT2D eigenvalue weighted by molar-refractivity contribution is 6.30. The largest absolute Gasteiger partial charge is 0.389 e. The number of nitrogens with zero attached hydrogens (tertiary/aromatic N) is 1. The van der Waals surface area contributed by atoms with E-state index in [4.69, 9.17) is 11.6 Å². The fraction of sp³-hybridized carbons (Fsp3) is 0.333. The van der Waals surface area contributed by atoms with Crippen molar-refractivity contribution in [1.29, 1.82) is 0 Å². The number of anilines is 1. The van der Waals surface area contributed by atoms with Crippen LogP contribution in [0.25, 0.3) is 0 Å². The first-order chi connectivity index (χ1) is 10.6. The minimum atomic E-state index is -0.538. The lowest BCUT2D eigenvalue weighted by molar-refractivity contribution is 0.141. The van der Waals surface area contributed by atoms with Gasteiger partial charge in [0.2, 0.25) is 0 Å². The highest BCUT2D eigenvalue weighted by atomic mass is 35.5. The van der Waals surface area contributed by atoms with Gasteiger partial charge < -0.3 is 15.3 Å². The van der Waals surface area contributed by atoms with Crippen LogP contribution in [0.15, 0.2) is 54.6 Å². The molecule has 0 aliphatic heterocycles. The molecule has 2 aromatic carbocycles. The Morgan fingerprint density at radius 1 is 1.14 bits per heavy atom. The smallest absolute Gasteiger partial charge is 0.0909 e. The van der Waals surface area contributed by atoms with Crippen molar-refractivity contribution in [2.45, 2.75) is 19.1 Å². The summed E-state index contributed by atoms with van der Waals surface area (Å²) in [6.45, 7) is 3.39. The van der Waals surface area contributed by atoms with Crippen LogP contribution in [0.3, 0.4) is 0 Å². The zero-order chi connectivity index (χ0) is 15.9. The summed E-state index contributed by atoms with van der Waals surface area (Å²) in [5, 5.41) is 14.6. The Balaban J connectivity index is 2.32. The molecule has 0 bridgehead atoms. The normalized spacial score (nSPS) is 13.6. The van der Waals surface area contributed by atoms with Crippen molar-refractivity contribution in [2.24, 2.45) is 0 Å².